The van der Waals surface area contributed by atoms with Gasteiger partial charge in [-0.15, -0.1) is 0 Å². The van der Waals surface area contributed by atoms with E-state index >= 15 is 0 Å². The van der Waals surface area contributed by atoms with Crippen molar-refractivity contribution in [3.63, 3.8) is 0 Å². The first-order chi connectivity index (χ1) is 14.0. The Morgan fingerprint density at radius 2 is 1.73 bits per heavy atom. The highest BCUT2D eigenvalue weighted by Gasteiger charge is 2.80. The quantitative estimate of drug-likeness (QED) is 0.368. The zero-order valence-corrected chi connectivity index (χ0v) is 19.5. The molecule has 0 unspecified atom stereocenters. The highest BCUT2D eigenvalue weighted by molar-refractivity contribution is 5.83. The van der Waals surface area contributed by atoms with E-state index in [-0.39, 0.29) is 33.2 Å². The number of carbonyl (C=O) groups excluding carboxylic acids is 1. The molecule has 1 aliphatic heterocycles. The van der Waals surface area contributed by atoms with Gasteiger partial charge in [0, 0.05) is 17.3 Å². The number of esters is 1. The molecule has 1 saturated heterocycles. The van der Waals surface area contributed by atoms with Crippen LogP contribution < -0.4 is 0 Å². The van der Waals surface area contributed by atoms with Gasteiger partial charge in [-0.25, -0.2) is 0 Å². The Kier molecular flexibility index (Phi) is 3.46. The van der Waals surface area contributed by atoms with E-state index in [0.717, 1.165) is 25.7 Å². The van der Waals surface area contributed by atoms with E-state index < -0.39 is 0 Å². The van der Waals surface area contributed by atoms with Crippen molar-refractivity contribution in [2.45, 2.75) is 78.7 Å². The van der Waals surface area contributed by atoms with E-state index in [0.29, 0.717) is 29.6 Å². The Balaban J connectivity index is 1.53. The lowest BCUT2D eigenvalue weighted by Gasteiger charge is -2.64. The van der Waals surface area contributed by atoms with Gasteiger partial charge in [-0.05, 0) is 74.0 Å². The van der Waals surface area contributed by atoms with Crippen LogP contribution in [0.15, 0.2) is 36.5 Å². The molecule has 3 saturated carbocycles. The minimum atomic E-state index is -0.352. The second-order valence-electron chi connectivity index (χ2n) is 12.7. The zero-order valence-electron chi connectivity index (χ0n) is 19.5. The van der Waals surface area contributed by atoms with Crippen molar-refractivity contribution in [1.29, 1.82) is 0 Å². The Morgan fingerprint density at radius 1 is 1.00 bits per heavy atom. The Bertz CT molecular complexity index is 910. The molecule has 6 rings (SSSR count). The van der Waals surface area contributed by atoms with Gasteiger partial charge in [0.25, 0.3) is 0 Å². The third-order valence-electron chi connectivity index (χ3n) is 11.4. The number of ether oxygens (including phenoxy) is 1. The Hall–Kier alpha value is -1.31. The number of carbonyl (C=O) groups is 1. The van der Waals surface area contributed by atoms with Crippen LogP contribution >= 0.6 is 0 Å². The SMILES string of the molecule is C=C(C)[C@@H]1CC[C@@H]2CC[C@]34C(=O)O[C@@]21[C@H]3CC[C@@H]1[C@@]2(C)C=CC(C)(C)[C@@H]2C=C[C@]14C. The first-order valence-corrected chi connectivity index (χ1v) is 12.3. The Morgan fingerprint density at radius 3 is 2.47 bits per heavy atom. The maximum absolute atomic E-state index is 14.0. The molecule has 6 aliphatic rings. The van der Waals surface area contributed by atoms with Gasteiger partial charge < -0.3 is 4.74 Å². The molecule has 1 heterocycles. The molecule has 5 aliphatic carbocycles. The smallest absolute Gasteiger partial charge is 0.313 e. The molecule has 1 spiro atoms. The molecule has 2 bridgehead atoms. The van der Waals surface area contributed by atoms with Crippen LogP contribution in [0.4, 0.5) is 0 Å². The summed E-state index contributed by atoms with van der Waals surface area (Å²) < 4.78 is 6.66. The second-order valence-corrected chi connectivity index (χ2v) is 12.7. The lowest BCUT2D eigenvalue weighted by Crippen LogP contribution is -2.64. The predicted octanol–water partition coefficient (Wildman–Crippen LogP) is 6.49. The molecule has 0 aromatic heterocycles. The van der Waals surface area contributed by atoms with Crippen molar-refractivity contribution < 1.29 is 9.53 Å². The van der Waals surface area contributed by atoms with Crippen LogP contribution in [0, 0.1) is 51.2 Å². The van der Waals surface area contributed by atoms with Gasteiger partial charge in [0.15, 0.2) is 0 Å². The minimum absolute atomic E-state index is 0.125. The summed E-state index contributed by atoms with van der Waals surface area (Å²) in [4.78, 5) is 14.0. The van der Waals surface area contributed by atoms with E-state index in [9.17, 15) is 4.79 Å². The molecule has 2 nitrogen and oxygen atoms in total. The molecule has 0 aromatic rings. The van der Waals surface area contributed by atoms with Gasteiger partial charge in [0.1, 0.15) is 5.60 Å². The van der Waals surface area contributed by atoms with Crippen LogP contribution in [0.25, 0.3) is 0 Å². The van der Waals surface area contributed by atoms with Crippen LogP contribution in [-0.2, 0) is 9.53 Å². The maximum Gasteiger partial charge on any atom is 0.313 e. The number of allylic oxidation sites excluding steroid dienone is 4. The molecule has 0 radical (unpaired) electrons. The van der Waals surface area contributed by atoms with Crippen molar-refractivity contribution in [2.75, 3.05) is 0 Å². The summed E-state index contributed by atoms with van der Waals surface area (Å²) in [6, 6.07) is 0. The number of fused-ring (bicyclic) bond motifs is 3. The third-order valence-corrected chi connectivity index (χ3v) is 11.4. The zero-order chi connectivity index (χ0) is 21.3. The third kappa shape index (κ3) is 1.77. The van der Waals surface area contributed by atoms with Crippen LogP contribution in [0.5, 0.6) is 0 Å². The summed E-state index contributed by atoms with van der Waals surface area (Å²) in [7, 11) is 0. The fraction of sp³-hybridized carbons (Fsp3) is 0.750. The first kappa shape index (κ1) is 19.4. The summed E-state index contributed by atoms with van der Waals surface area (Å²) >= 11 is 0. The first-order valence-electron chi connectivity index (χ1n) is 12.3. The number of rotatable bonds is 1. The molecule has 0 amide bonds. The average molecular weight is 407 g/mol. The summed E-state index contributed by atoms with van der Waals surface area (Å²) in [6.45, 7) is 16.2. The van der Waals surface area contributed by atoms with Crippen LogP contribution in [0.2, 0.25) is 0 Å². The highest BCUT2D eigenvalue weighted by atomic mass is 16.6. The highest BCUT2D eigenvalue weighted by Crippen LogP contribution is 2.78. The summed E-state index contributed by atoms with van der Waals surface area (Å²) in [5.41, 5.74) is 0.790. The standard InChI is InChI=1S/C28H38O2/c1-17(2)19-8-7-18-11-14-27-22(28(18,19)30-23(27)29)10-9-21-25(5)16-15-24(3,4)20(25)12-13-26(21,27)6/h12-13,15-16,18-22H,1,7-11,14H2,2-6H3/t18-,19+,20+,21-,22+,25+,26-,27-,28+/m1/s1. The van der Waals surface area contributed by atoms with E-state index in [1.165, 1.54) is 18.4 Å². The van der Waals surface area contributed by atoms with Gasteiger partial charge in [-0.3, -0.25) is 4.79 Å². The maximum atomic E-state index is 14.0. The van der Waals surface area contributed by atoms with Gasteiger partial charge in [0.2, 0.25) is 0 Å². The van der Waals surface area contributed by atoms with Crippen LogP contribution in [0.1, 0.15) is 73.1 Å². The van der Waals surface area contributed by atoms with Crippen molar-refractivity contribution >= 4 is 5.97 Å². The van der Waals surface area contributed by atoms with Crippen LogP contribution in [0.3, 0.4) is 0 Å². The monoisotopic (exact) mass is 406 g/mol. The lowest BCUT2D eigenvalue weighted by molar-refractivity contribution is -0.163. The molecule has 0 aromatic carbocycles. The van der Waals surface area contributed by atoms with Crippen molar-refractivity contribution in [3.05, 3.63) is 36.5 Å². The predicted molar refractivity (Wildman–Crippen MR) is 119 cm³/mol. The summed E-state index contributed by atoms with van der Waals surface area (Å²) in [6.07, 6.45) is 16.8. The fourth-order valence-corrected chi connectivity index (χ4v) is 10.3. The average Bonchev–Trinajstić information content (AvgIpc) is 3.22. The molecule has 30 heavy (non-hydrogen) atoms. The Labute approximate surface area is 182 Å². The largest absolute Gasteiger partial charge is 0.457 e. The summed E-state index contributed by atoms with van der Waals surface area (Å²) in [5, 5.41) is 0. The van der Waals surface area contributed by atoms with Gasteiger partial charge in [-0.1, -0.05) is 64.2 Å². The number of hydrogen-bond donors (Lipinski definition) is 0. The van der Waals surface area contributed by atoms with Crippen molar-refractivity contribution in [3.8, 4) is 0 Å². The number of hydrogen-bond acceptors (Lipinski definition) is 2. The molecule has 0 N–H and O–H groups in total. The molecule has 4 fully saturated rings. The van der Waals surface area contributed by atoms with Crippen molar-refractivity contribution in [2.24, 2.45) is 51.2 Å². The van der Waals surface area contributed by atoms with E-state index in [1.54, 1.807) is 0 Å². The van der Waals surface area contributed by atoms with E-state index in [4.69, 9.17) is 4.74 Å². The van der Waals surface area contributed by atoms with Crippen LogP contribution in [-0.4, -0.2) is 11.6 Å². The molecule has 162 valence electrons. The minimum Gasteiger partial charge on any atom is -0.457 e. The van der Waals surface area contributed by atoms with Gasteiger partial charge in [-0.2, -0.15) is 0 Å². The second kappa shape index (κ2) is 5.36. The molecular weight excluding hydrogens is 368 g/mol. The molecule has 9 atom stereocenters. The van der Waals surface area contributed by atoms with Gasteiger partial charge in [0.05, 0.1) is 5.41 Å². The topological polar surface area (TPSA) is 26.3 Å². The summed E-state index contributed by atoms with van der Waals surface area (Å²) in [5.74, 6) is 2.38. The normalized spacial score (nSPS) is 56.7. The fourth-order valence-electron chi connectivity index (χ4n) is 10.3. The molecule has 2 heteroatoms. The van der Waals surface area contributed by atoms with E-state index in [2.05, 4.69) is 65.5 Å². The molecular formula is C28H38O2. The van der Waals surface area contributed by atoms with Crippen molar-refractivity contribution in [1.82, 2.24) is 0 Å². The van der Waals surface area contributed by atoms with Gasteiger partial charge >= 0.3 is 5.97 Å². The van der Waals surface area contributed by atoms with E-state index in [1.807, 2.05) is 0 Å². The lowest BCUT2D eigenvalue weighted by atomic mass is 9.37.